The summed E-state index contributed by atoms with van der Waals surface area (Å²) in [5, 5.41) is 0. The second-order valence-corrected chi connectivity index (χ2v) is 8.02. The van der Waals surface area contributed by atoms with Gasteiger partial charge in [0.2, 0.25) is 0 Å². The average Bonchev–Trinajstić information content (AvgIpc) is 2.32. The molecule has 0 aliphatic carbocycles. The molecule has 132 valence electrons. The van der Waals surface area contributed by atoms with Crippen LogP contribution in [0.2, 0.25) is 0 Å². The van der Waals surface area contributed by atoms with E-state index in [0.717, 1.165) is 0 Å². The van der Waals surface area contributed by atoms with Crippen LogP contribution in [0.1, 0.15) is 61.8 Å². The van der Waals surface area contributed by atoms with Crippen molar-refractivity contribution in [2.75, 3.05) is 0 Å². The molecule has 0 rings (SSSR count). The number of ether oxygens (including phenoxy) is 2. The molecule has 23 heavy (non-hydrogen) atoms. The van der Waals surface area contributed by atoms with Crippen LogP contribution in [0.15, 0.2) is 0 Å². The molecule has 0 saturated heterocycles. The maximum atomic E-state index is 12.1. The smallest absolute Gasteiger partial charge is 0.318 e. The lowest BCUT2D eigenvalue weighted by atomic mass is 9.92. The monoisotopic (exact) mass is 328 g/mol. The summed E-state index contributed by atoms with van der Waals surface area (Å²) in [7, 11) is 0. The molecule has 6 nitrogen and oxygen atoms in total. The number of carbonyl (C=O) groups excluding carboxylic acids is 4. The fourth-order valence-corrected chi connectivity index (χ4v) is 1.39. The van der Waals surface area contributed by atoms with E-state index in [0.29, 0.717) is 0 Å². The zero-order valence-electron chi connectivity index (χ0n) is 15.3. The van der Waals surface area contributed by atoms with Gasteiger partial charge in [-0.3, -0.25) is 19.2 Å². The molecule has 1 unspecified atom stereocenters. The summed E-state index contributed by atoms with van der Waals surface area (Å²) in [4.78, 5) is 47.5. The van der Waals surface area contributed by atoms with Crippen LogP contribution in [-0.4, -0.2) is 23.9 Å². The molecule has 0 fully saturated rings. The Morgan fingerprint density at radius 1 is 0.783 bits per heavy atom. The van der Waals surface area contributed by atoms with E-state index >= 15 is 0 Å². The molecule has 0 aromatic heterocycles. The normalized spacial score (nSPS) is 13.4. The fraction of sp³-hybridized carbons (Fsp3) is 0.765. The first-order valence-electron chi connectivity index (χ1n) is 7.67. The Morgan fingerprint density at radius 2 is 1.17 bits per heavy atom. The second-order valence-electron chi connectivity index (χ2n) is 8.02. The van der Waals surface area contributed by atoms with E-state index in [2.05, 4.69) is 0 Å². The molecule has 1 atom stereocenters. The maximum absolute atomic E-state index is 12.1. The number of carbonyl (C=O) groups is 4. The van der Waals surface area contributed by atoms with Gasteiger partial charge >= 0.3 is 23.9 Å². The molecule has 0 saturated carbocycles. The molecule has 0 amide bonds. The molecule has 6 heteroatoms. The first-order valence-corrected chi connectivity index (χ1v) is 7.67. The summed E-state index contributed by atoms with van der Waals surface area (Å²) < 4.78 is 9.59. The molecule has 0 bridgehead atoms. The highest BCUT2D eigenvalue weighted by atomic mass is 16.6. The van der Waals surface area contributed by atoms with Gasteiger partial charge in [-0.2, -0.15) is 0 Å². The first-order chi connectivity index (χ1) is 10.2. The van der Waals surface area contributed by atoms with Gasteiger partial charge in [-0.05, 0) is 47.5 Å². The summed E-state index contributed by atoms with van der Waals surface area (Å²) >= 11 is 0. The van der Waals surface area contributed by atoms with Crippen LogP contribution in [0.5, 0.6) is 0 Å². The molecule has 0 aromatic rings. The van der Waals surface area contributed by atoms with E-state index in [-0.39, 0.29) is 12.3 Å². The van der Waals surface area contributed by atoms with Crippen LogP contribution in [-0.2, 0) is 28.7 Å². The Balaban J connectivity index is 4.88. The predicted molar refractivity (Wildman–Crippen MR) is 84.1 cm³/mol. The van der Waals surface area contributed by atoms with Crippen molar-refractivity contribution in [2.45, 2.75) is 61.8 Å². The summed E-state index contributed by atoms with van der Waals surface area (Å²) in [6, 6.07) is 0. The van der Waals surface area contributed by atoms with Crippen molar-refractivity contribution in [3.63, 3.8) is 0 Å². The minimum atomic E-state index is -0.846. The Labute approximate surface area is 137 Å². The molecule has 0 radical (unpaired) electrons. The van der Waals surface area contributed by atoms with Crippen molar-refractivity contribution < 1.29 is 28.7 Å². The van der Waals surface area contributed by atoms with Gasteiger partial charge in [0.15, 0.2) is 0 Å². The van der Waals surface area contributed by atoms with Crippen molar-refractivity contribution in [1.82, 2.24) is 0 Å². The molecule has 0 aliphatic heterocycles. The average molecular weight is 328 g/mol. The Bertz CT molecular complexity index is 476. The quantitative estimate of drug-likeness (QED) is 0.582. The van der Waals surface area contributed by atoms with Gasteiger partial charge in [-0.15, -0.1) is 0 Å². The van der Waals surface area contributed by atoms with Crippen LogP contribution >= 0.6 is 0 Å². The zero-order valence-corrected chi connectivity index (χ0v) is 15.3. The topological polar surface area (TPSA) is 86.7 Å². The number of esters is 4. The van der Waals surface area contributed by atoms with E-state index in [1.54, 1.807) is 55.4 Å². The largest absolute Gasteiger partial charge is 0.393 e. The molecule has 0 aliphatic rings. The van der Waals surface area contributed by atoms with Crippen molar-refractivity contribution in [2.24, 2.45) is 22.7 Å². The van der Waals surface area contributed by atoms with Gasteiger partial charge in [0.25, 0.3) is 0 Å². The lowest BCUT2D eigenvalue weighted by molar-refractivity contribution is -0.174. The van der Waals surface area contributed by atoms with E-state index < -0.39 is 40.6 Å². The minimum Gasteiger partial charge on any atom is -0.393 e. The number of hydrogen-bond acceptors (Lipinski definition) is 6. The number of hydrogen-bond donors (Lipinski definition) is 0. The van der Waals surface area contributed by atoms with Crippen molar-refractivity contribution in [3.8, 4) is 0 Å². The van der Waals surface area contributed by atoms with E-state index in [1.165, 1.54) is 0 Å². The van der Waals surface area contributed by atoms with Gasteiger partial charge in [-0.1, -0.05) is 13.8 Å². The van der Waals surface area contributed by atoms with Gasteiger partial charge in [0.05, 0.1) is 23.2 Å². The highest BCUT2D eigenvalue weighted by Gasteiger charge is 2.34. The molecule has 0 spiro atoms. The molecule has 0 aromatic carbocycles. The third-order valence-electron chi connectivity index (χ3n) is 3.12. The lowest BCUT2D eigenvalue weighted by Crippen LogP contribution is -2.33. The van der Waals surface area contributed by atoms with Crippen molar-refractivity contribution in [3.05, 3.63) is 0 Å². The van der Waals surface area contributed by atoms with Crippen molar-refractivity contribution >= 4 is 23.9 Å². The third kappa shape index (κ3) is 7.39. The van der Waals surface area contributed by atoms with Crippen LogP contribution < -0.4 is 0 Å². The highest BCUT2D eigenvalue weighted by molar-refractivity contribution is 5.93. The van der Waals surface area contributed by atoms with Gasteiger partial charge in [-0.25, -0.2) is 0 Å². The Morgan fingerprint density at radius 3 is 1.52 bits per heavy atom. The van der Waals surface area contributed by atoms with Crippen LogP contribution in [0, 0.1) is 22.7 Å². The van der Waals surface area contributed by atoms with E-state index in [9.17, 15) is 19.2 Å². The first kappa shape index (κ1) is 21.3. The SMILES string of the molecule is CC(C)C(CC(=O)OC(=O)C(C)(C)C)C(=O)OC(=O)C(C)(C)C. The number of rotatable bonds is 4. The fourth-order valence-electron chi connectivity index (χ4n) is 1.39. The Hall–Kier alpha value is -1.72. The summed E-state index contributed by atoms with van der Waals surface area (Å²) in [5.74, 6) is -3.99. The van der Waals surface area contributed by atoms with E-state index in [1.807, 2.05) is 0 Å². The summed E-state index contributed by atoms with van der Waals surface area (Å²) in [6.07, 6.45) is -0.310. The third-order valence-corrected chi connectivity index (χ3v) is 3.12. The Kier molecular flexibility index (Phi) is 7.13. The minimum absolute atomic E-state index is 0.243. The van der Waals surface area contributed by atoms with Crippen LogP contribution in [0.25, 0.3) is 0 Å². The molecular formula is C17H28O6. The summed E-state index contributed by atoms with van der Waals surface area (Å²) in [5.41, 5.74) is -1.63. The van der Waals surface area contributed by atoms with Crippen LogP contribution in [0.3, 0.4) is 0 Å². The zero-order chi connectivity index (χ0) is 18.6. The van der Waals surface area contributed by atoms with E-state index in [4.69, 9.17) is 9.47 Å². The standard InChI is InChI=1S/C17H28O6/c1-10(2)11(13(19)23-15(21)17(6,7)8)9-12(18)22-14(20)16(3,4)5/h10-11H,9H2,1-8H3. The van der Waals surface area contributed by atoms with Crippen molar-refractivity contribution in [1.29, 1.82) is 0 Å². The second kappa shape index (κ2) is 7.70. The van der Waals surface area contributed by atoms with Gasteiger partial charge in [0.1, 0.15) is 0 Å². The van der Waals surface area contributed by atoms with Gasteiger partial charge < -0.3 is 9.47 Å². The lowest BCUT2D eigenvalue weighted by Gasteiger charge is -2.22. The van der Waals surface area contributed by atoms with Gasteiger partial charge in [0, 0.05) is 0 Å². The van der Waals surface area contributed by atoms with Crippen LogP contribution in [0.4, 0.5) is 0 Å². The highest BCUT2D eigenvalue weighted by Crippen LogP contribution is 2.23. The maximum Gasteiger partial charge on any atom is 0.318 e. The molecular weight excluding hydrogens is 300 g/mol. The predicted octanol–water partition coefficient (Wildman–Crippen LogP) is 2.88. The molecule has 0 heterocycles. The molecule has 0 N–H and O–H groups in total. The summed E-state index contributed by atoms with van der Waals surface area (Å²) in [6.45, 7) is 13.2.